The van der Waals surface area contributed by atoms with E-state index in [0.717, 1.165) is 22.3 Å². The Balaban J connectivity index is 1.55. The van der Waals surface area contributed by atoms with Crippen LogP contribution in [0.3, 0.4) is 0 Å². The molecule has 0 atom stereocenters. The Morgan fingerprint density at radius 1 is 0.432 bits per heavy atom. The number of hydrogen-bond donors (Lipinski definition) is 0. The Bertz CT molecular complexity index is 1970. The molecule has 214 valence electrons. The fourth-order valence-corrected chi connectivity index (χ4v) is 32.7. The summed E-state index contributed by atoms with van der Waals surface area (Å²) in [6, 6.07) is 56.1. The predicted molar refractivity (Wildman–Crippen MR) is 186 cm³/mol. The molecule has 0 radical (unpaired) electrons. The number of rotatable bonds is 6. The molecule has 0 N–H and O–H groups in total. The number of hydrogen-bond acceptors (Lipinski definition) is 0. The van der Waals surface area contributed by atoms with Gasteiger partial charge in [0.25, 0.3) is 0 Å². The third-order valence-corrected chi connectivity index (χ3v) is 37.7. The SMILES string of the molecule is C[Si](C)=[Ti]([CH2]c1ccccc1)([CH2]c1ccccc1)([c]1cccc2c1Cc1ccccc1-2)[c]1cccc2c1Cc1ccccc1-2. The third kappa shape index (κ3) is 4.07. The molecule has 0 aromatic heterocycles. The molecular weight excluding hydrogens is 580 g/mol. The number of fused-ring (bicyclic) bond motifs is 6. The van der Waals surface area contributed by atoms with Crippen LogP contribution in [0.25, 0.3) is 22.3 Å². The van der Waals surface area contributed by atoms with Crippen molar-refractivity contribution in [3.8, 4) is 22.3 Å². The summed E-state index contributed by atoms with van der Waals surface area (Å²) in [5, 5.41) is 0. The van der Waals surface area contributed by atoms with Crippen LogP contribution in [0.4, 0.5) is 0 Å². The molecule has 44 heavy (non-hydrogen) atoms. The Labute approximate surface area is 263 Å². The van der Waals surface area contributed by atoms with Gasteiger partial charge in [-0.2, -0.15) is 0 Å². The van der Waals surface area contributed by atoms with Crippen molar-refractivity contribution in [3.63, 3.8) is 0 Å². The maximum atomic E-state index is 2.68. The molecule has 0 nitrogen and oxygen atoms in total. The molecule has 0 aliphatic heterocycles. The van der Waals surface area contributed by atoms with Crippen LogP contribution in [0, 0.1) is 0 Å². The van der Waals surface area contributed by atoms with Gasteiger partial charge in [0.05, 0.1) is 0 Å². The van der Waals surface area contributed by atoms with Gasteiger partial charge in [0.1, 0.15) is 0 Å². The summed E-state index contributed by atoms with van der Waals surface area (Å²) in [5.74, 6) is 0. The minimum atomic E-state index is -4.07. The van der Waals surface area contributed by atoms with Gasteiger partial charge in [-0.15, -0.1) is 0 Å². The fraction of sp³-hybridized carbons (Fsp3) is 0.143. The molecule has 8 rings (SSSR count). The topological polar surface area (TPSA) is 0 Å². The van der Waals surface area contributed by atoms with Gasteiger partial charge in [0, 0.05) is 0 Å². The van der Waals surface area contributed by atoms with E-state index in [1.165, 1.54) is 44.5 Å². The second-order valence-electron chi connectivity index (χ2n) is 13.3. The van der Waals surface area contributed by atoms with Crippen molar-refractivity contribution in [2.45, 2.75) is 35.4 Å². The predicted octanol–water partition coefficient (Wildman–Crippen LogP) is 9.12. The van der Waals surface area contributed by atoms with Crippen molar-refractivity contribution in [1.29, 1.82) is 0 Å². The standard InChI is InChI=1S/2C13H9.2C7H7.C2H6Si.Ti/c2*1-3-7-12-10(5-1)9-11-6-2-4-8-13(11)12;2*1-7-5-3-2-4-6-7;1-3-2;/h2*1-5,7-8H,9H2;2*2-6H,1H2;1-2H3;. The summed E-state index contributed by atoms with van der Waals surface area (Å²) in [5.41, 5.74) is 15.0. The summed E-state index contributed by atoms with van der Waals surface area (Å²) in [6.45, 7) is 5.35. The van der Waals surface area contributed by atoms with E-state index < -0.39 is 20.2 Å². The minimum absolute atomic E-state index is 0.914. The van der Waals surface area contributed by atoms with Crippen LogP contribution in [0.5, 0.6) is 0 Å². The number of benzene rings is 6. The first-order valence-corrected chi connectivity index (χ1v) is 24.7. The Kier molecular flexibility index (Phi) is 6.76. The molecule has 6 aromatic rings. The molecule has 0 unspecified atom stereocenters. The van der Waals surface area contributed by atoms with Crippen LogP contribution in [0.2, 0.25) is 13.1 Å². The molecule has 2 aliphatic rings. The van der Waals surface area contributed by atoms with Gasteiger partial charge in [0.15, 0.2) is 0 Å². The monoisotopic (exact) mass is 618 g/mol. The van der Waals surface area contributed by atoms with Crippen molar-refractivity contribution < 1.29 is 14.0 Å². The van der Waals surface area contributed by atoms with Gasteiger partial charge in [-0.05, 0) is 0 Å². The summed E-state index contributed by atoms with van der Waals surface area (Å²) in [6.07, 6.45) is 1.16. The molecule has 0 heterocycles. The van der Waals surface area contributed by atoms with E-state index in [1.54, 1.807) is 18.9 Å². The van der Waals surface area contributed by atoms with E-state index in [2.05, 4.69) is 159 Å². The second kappa shape index (κ2) is 10.7. The fourth-order valence-electron chi connectivity index (χ4n) is 9.02. The van der Waals surface area contributed by atoms with Crippen molar-refractivity contribution in [2.75, 3.05) is 0 Å². The zero-order valence-electron chi connectivity index (χ0n) is 25.7. The van der Waals surface area contributed by atoms with Crippen LogP contribution in [0.15, 0.2) is 146 Å². The Morgan fingerprint density at radius 3 is 1.25 bits per heavy atom. The van der Waals surface area contributed by atoms with E-state index in [0.29, 0.717) is 0 Å². The van der Waals surface area contributed by atoms with Crippen LogP contribution in [0.1, 0.15) is 33.4 Å². The Hall–Kier alpha value is -3.75. The van der Waals surface area contributed by atoms with Gasteiger partial charge in [-0.1, -0.05) is 0 Å². The summed E-state index contributed by atoms with van der Waals surface area (Å²) in [7, 11) is 0. The molecule has 0 saturated carbocycles. The zero-order chi connectivity index (χ0) is 29.8. The average Bonchev–Trinajstić information content (AvgIpc) is 3.64. The second-order valence-corrected chi connectivity index (χ2v) is 33.1. The quantitative estimate of drug-likeness (QED) is 0.163. The summed E-state index contributed by atoms with van der Waals surface area (Å²) >= 11 is -4.07. The van der Waals surface area contributed by atoms with Crippen molar-refractivity contribution in [1.82, 2.24) is 0 Å². The molecule has 0 fully saturated rings. The first-order chi connectivity index (χ1) is 21.6. The Morgan fingerprint density at radius 2 is 0.818 bits per heavy atom. The van der Waals surface area contributed by atoms with Crippen molar-refractivity contribution in [3.05, 3.63) is 179 Å². The molecule has 2 aliphatic carbocycles. The van der Waals surface area contributed by atoms with E-state index in [4.69, 9.17) is 0 Å². The van der Waals surface area contributed by atoms with E-state index >= 15 is 0 Å². The average molecular weight is 619 g/mol. The molecule has 0 bridgehead atoms. The van der Waals surface area contributed by atoms with E-state index in [-0.39, 0.29) is 0 Å². The third-order valence-electron chi connectivity index (χ3n) is 11.1. The molecule has 0 saturated heterocycles. The first kappa shape index (κ1) is 27.8. The van der Waals surface area contributed by atoms with Crippen LogP contribution < -0.4 is 7.74 Å². The van der Waals surface area contributed by atoms with Crippen molar-refractivity contribution in [2.24, 2.45) is 0 Å². The van der Waals surface area contributed by atoms with Gasteiger partial charge >= 0.3 is 265 Å². The molecule has 2 heteroatoms. The van der Waals surface area contributed by atoms with E-state index in [1.807, 2.05) is 0 Å². The summed E-state index contributed by atoms with van der Waals surface area (Å²) < 4.78 is 5.78. The van der Waals surface area contributed by atoms with Gasteiger partial charge < -0.3 is 0 Å². The molecular formula is C42H38SiTi. The summed E-state index contributed by atoms with van der Waals surface area (Å²) in [4.78, 5) is 0. The van der Waals surface area contributed by atoms with Crippen LogP contribution >= 0.6 is 0 Å². The molecule has 0 spiro atoms. The first-order valence-electron chi connectivity index (χ1n) is 16.0. The zero-order valence-corrected chi connectivity index (χ0v) is 28.2. The van der Waals surface area contributed by atoms with Crippen LogP contribution in [-0.2, 0) is 36.3 Å². The van der Waals surface area contributed by atoms with Gasteiger partial charge in [-0.3, -0.25) is 0 Å². The van der Waals surface area contributed by atoms with Crippen molar-refractivity contribution >= 4 is 13.9 Å². The van der Waals surface area contributed by atoms with Gasteiger partial charge in [-0.25, -0.2) is 0 Å². The van der Waals surface area contributed by atoms with Gasteiger partial charge in [0.2, 0.25) is 0 Å². The van der Waals surface area contributed by atoms with Crippen LogP contribution in [-0.4, -0.2) is 6.19 Å². The normalized spacial score (nSPS) is 13.2. The van der Waals surface area contributed by atoms with E-state index in [9.17, 15) is 0 Å². The molecule has 0 amide bonds. The molecule has 6 aromatic carbocycles. The maximum absolute atomic E-state index is 4.07.